The van der Waals surface area contributed by atoms with E-state index in [1.807, 2.05) is 20.8 Å². The molecule has 1 aromatic carbocycles. The molecule has 0 saturated heterocycles. The fraction of sp³-hybridized carbons (Fsp3) is 0.538. The molecular weight excluding hydrogens is 270 g/mol. The van der Waals surface area contributed by atoms with E-state index in [1.165, 1.54) is 0 Å². The Hall–Kier alpha value is -0.580. The van der Waals surface area contributed by atoms with Crippen LogP contribution in [-0.4, -0.2) is 20.2 Å². The monoisotopic (exact) mass is 289 g/mol. The number of rotatable bonds is 4. The van der Waals surface area contributed by atoms with Crippen LogP contribution >= 0.6 is 11.6 Å². The van der Waals surface area contributed by atoms with Gasteiger partial charge in [0.15, 0.2) is 9.84 Å². The molecule has 1 atom stereocenters. The number of nitrogens with two attached hydrogens (primary N) is 1. The first-order valence-corrected chi connectivity index (χ1v) is 8.01. The van der Waals surface area contributed by atoms with Gasteiger partial charge >= 0.3 is 0 Å². The maximum atomic E-state index is 12.1. The van der Waals surface area contributed by atoms with Crippen molar-refractivity contribution in [1.82, 2.24) is 0 Å². The van der Waals surface area contributed by atoms with E-state index in [2.05, 4.69) is 0 Å². The molecule has 1 unspecified atom stereocenters. The smallest absolute Gasteiger partial charge is 0.156 e. The first kappa shape index (κ1) is 15.5. The molecule has 0 radical (unpaired) electrons. The van der Waals surface area contributed by atoms with Gasteiger partial charge in [0.05, 0.1) is 11.5 Å². The average molecular weight is 290 g/mol. The summed E-state index contributed by atoms with van der Waals surface area (Å²) in [5.74, 6) is -0.0851. The zero-order valence-electron chi connectivity index (χ0n) is 11.0. The van der Waals surface area contributed by atoms with Gasteiger partial charge < -0.3 is 5.73 Å². The highest BCUT2D eigenvalue weighted by Gasteiger charge is 2.26. The van der Waals surface area contributed by atoms with E-state index in [0.29, 0.717) is 10.6 Å². The van der Waals surface area contributed by atoms with E-state index in [4.69, 9.17) is 17.3 Å². The summed E-state index contributed by atoms with van der Waals surface area (Å²) in [6.07, 6.45) is 0. The van der Waals surface area contributed by atoms with Gasteiger partial charge in [-0.3, -0.25) is 0 Å². The molecule has 0 aliphatic heterocycles. The Bertz CT molecular complexity index is 506. The third-order valence-electron chi connectivity index (χ3n) is 2.88. The van der Waals surface area contributed by atoms with Crippen molar-refractivity contribution in [3.05, 3.63) is 34.9 Å². The van der Waals surface area contributed by atoms with Crippen molar-refractivity contribution in [2.24, 2.45) is 11.1 Å². The molecule has 3 nitrogen and oxygen atoms in total. The van der Waals surface area contributed by atoms with Crippen molar-refractivity contribution < 1.29 is 8.42 Å². The number of hydrogen-bond donors (Lipinski definition) is 1. The van der Waals surface area contributed by atoms with E-state index in [9.17, 15) is 8.42 Å². The quantitative estimate of drug-likeness (QED) is 0.927. The van der Waals surface area contributed by atoms with Crippen molar-refractivity contribution in [3.8, 4) is 0 Å². The molecule has 1 rings (SSSR count). The third-order valence-corrected chi connectivity index (χ3v) is 4.87. The van der Waals surface area contributed by atoms with Crippen LogP contribution in [0.2, 0.25) is 5.02 Å². The third kappa shape index (κ3) is 4.59. The molecule has 0 aliphatic rings. The predicted octanol–water partition coefficient (Wildman–Crippen LogP) is 2.63. The maximum Gasteiger partial charge on any atom is 0.156 e. The van der Waals surface area contributed by atoms with Crippen LogP contribution in [0.4, 0.5) is 0 Å². The highest BCUT2D eigenvalue weighted by Crippen LogP contribution is 2.22. The van der Waals surface area contributed by atoms with E-state index < -0.39 is 9.84 Å². The van der Waals surface area contributed by atoms with Crippen LogP contribution in [0.15, 0.2) is 24.3 Å². The maximum absolute atomic E-state index is 12.1. The van der Waals surface area contributed by atoms with E-state index in [-0.39, 0.29) is 23.0 Å². The summed E-state index contributed by atoms with van der Waals surface area (Å²) in [6.45, 7) is 5.80. The molecule has 1 aromatic rings. The van der Waals surface area contributed by atoms with Crippen LogP contribution in [0, 0.1) is 5.41 Å². The second-order valence-corrected chi connectivity index (χ2v) is 8.13. The standard InChI is InChI=1S/C13H20ClNO2S/c1-13(2,3)12(15)9-18(16,17)8-10-6-4-5-7-11(10)14/h4-7,12H,8-9,15H2,1-3H3. The molecule has 0 spiro atoms. The molecule has 102 valence electrons. The minimum Gasteiger partial charge on any atom is -0.326 e. The number of benzene rings is 1. The molecule has 2 N–H and O–H groups in total. The summed E-state index contributed by atoms with van der Waals surface area (Å²) in [5.41, 5.74) is 6.31. The molecule has 18 heavy (non-hydrogen) atoms. The second kappa shape index (κ2) is 5.59. The molecule has 0 heterocycles. The van der Waals surface area contributed by atoms with Gasteiger partial charge in [0, 0.05) is 11.1 Å². The van der Waals surface area contributed by atoms with Gasteiger partial charge in [-0.2, -0.15) is 0 Å². The largest absolute Gasteiger partial charge is 0.326 e. The SMILES string of the molecule is CC(C)(C)C(N)CS(=O)(=O)Cc1ccccc1Cl. The number of halogens is 1. The van der Waals surface area contributed by atoms with Crippen LogP contribution in [-0.2, 0) is 15.6 Å². The summed E-state index contributed by atoms with van der Waals surface area (Å²) >= 11 is 5.96. The van der Waals surface area contributed by atoms with E-state index in [0.717, 1.165) is 0 Å². The summed E-state index contributed by atoms with van der Waals surface area (Å²) in [7, 11) is -3.25. The number of sulfone groups is 1. The van der Waals surface area contributed by atoms with Gasteiger partial charge in [-0.05, 0) is 17.0 Å². The van der Waals surface area contributed by atoms with Crippen molar-refractivity contribution in [2.45, 2.75) is 32.6 Å². The van der Waals surface area contributed by atoms with Crippen molar-refractivity contribution in [3.63, 3.8) is 0 Å². The van der Waals surface area contributed by atoms with Crippen LogP contribution < -0.4 is 5.73 Å². The Morgan fingerprint density at radius 2 is 1.83 bits per heavy atom. The van der Waals surface area contributed by atoms with Crippen LogP contribution in [0.25, 0.3) is 0 Å². The van der Waals surface area contributed by atoms with Crippen LogP contribution in [0.3, 0.4) is 0 Å². The summed E-state index contributed by atoms with van der Waals surface area (Å²) in [6, 6.07) is 6.59. The normalized spacial score (nSPS) is 14.5. The number of hydrogen-bond acceptors (Lipinski definition) is 3. The topological polar surface area (TPSA) is 60.2 Å². The second-order valence-electron chi connectivity index (χ2n) is 5.62. The average Bonchev–Trinajstić information content (AvgIpc) is 2.19. The zero-order chi connectivity index (χ0) is 14.0. The minimum absolute atomic E-state index is 0.0261. The van der Waals surface area contributed by atoms with Crippen molar-refractivity contribution in [1.29, 1.82) is 0 Å². The molecule has 0 aromatic heterocycles. The van der Waals surface area contributed by atoms with Gasteiger partial charge in [0.2, 0.25) is 0 Å². The van der Waals surface area contributed by atoms with E-state index in [1.54, 1.807) is 24.3 Å². The Balaban J connectivity index is 2.81. The lowest BCUT2D eigenvalue weighted by molar-refractivity contribution is 0.340. The summed E-state index contributed by atoms with van der Waals surface area (Å²) in [5, 5.41) is 0.477. The van der Waals surface area contributed by atoms with Gasteiger partial charge in [0.25, 0.3) is 0 Å². The highest BCUT2D eigenvalue weighted by atomic mass is 35.5. The molecular formula is C13H20ClNO2S. The first-order valence-electron chi connectivity index (χ1n) is 5.81. The minimum atomic E-state index is -3.25. The predicted molar refractivity (Wildman–Crippen MR) is 76.4 cm³/mol. The van der Waals surface area contributed by atoms with Gasteiger partial charge in [-0.1, -0.05) is 50.6 Å². The lowest BCUT2D eigenvalue weighted by Crippen LogP contribution is -2.41. The van der Waals surface area contributed by atoms with Gasteiger partial charge in [0.1, 0.15) is 0 Å². The van der Waals surface area contributed by atoms with Crippen molar-refractivity contribution >= 4 is 21.4 Å². The first-order chi connectivity index (χ1) is 8.12. The molecule has 0 bridgehead atoms. The van der Waals surface area contributed by atoms with Crippen LogP contribution in [0.5, 0.6) is 0 Å². The molecule has 5 heteroatoms. The highest BCUT2D eigenvalue weighted by molar-refractivity contribution is 7.90. The fourth-order valence-electron chi connectivity index (χ4n) is 1.43. The summed E-state index contributed by atoms with van der Waals surface area (Å²) < 4.78 is 24.1. The van der Waals surface area contributed by atoms with Crippen LogP contribution in [0.1, 0.15) is 26.3 Å². The van der Waals surface area contributed by atoms with Crippen molar-refractivity contribution in [2.75, 3.05) is 5.75 Å². The zero-order valence-corrected chi connectivity index (χ0v) is 12.6. The molecule has 0 amide bonds. The lowest BCUT2D eigenvalue weighted by atomic mass is 9.89. The van der Waals surface area contributed by atoms with Gasteiger partial charge in [-0.25, -0.2) is 8.42 Å². The molecule has 0 saturated carbocycles. The Kier molecular flexibility index (Phi) is 4.81. The fourth-order valence-corrected chi connectivity index (χ4v) is 3.61. The summed E-state index contributed by atoms with van der Waals surface area (Å²) in [4.78, 5) is 0. The Morgan fingerprint density at radius 3 is 2.33 bits per heavy atom. The van der Waals surface area contributed by atoms with E-state index >= 15 is 0 Å². The molecule has 0 aliphatic carbocycles. The Labute approximate surface area is 114 Å². The Morgan fingerprint density at radius 1 is 1.28 bits per heavy atom. The lowest BCUT2D eigenvalue weighted by Gasteiger charge is -2.26. The van der Waals surface area contributed by atoms with Gasteiger partial charge in [-0.15, -0.1) is 0 Å². The molecule has 0 fully saturated rings.